The molecule has 1 aromatic carbocycles. The second kappa shape index (κ2) is 5.94. The van der Waals surface area contributed by atoms with Crippen molar-refractivity contribution in [2.75, 3.05) is 6.54 Å². The van der Waals surface area contributed by atoms with Gasteiger partial charge in [-0.3, -0.25) is 4.90 Å². The molecule has 5 heteroatoms. The minimum atomic E-state index is -0.403. The van der Waals surface area contributed by atoms with Crippen LogP contribution in [0, 0.1) is 6.92 Å². The van der Waals surface area contributed by atoms with Crippen LogP contribution < -0.4 is 5.63 Å². The summed E-state index contributed by atoms with van der Waals surface area (Å²) in [6, 6.07) is 3.55. The van der Waals surface area contributed by atoms with Crippen LogP contribution in [0.5, 0.6) is 5.75 Å². The van der Waals surface area contributed by atoms with Gasteiger partial charge < -0.3 is 9.52 Å². The molecule has 1 fully saturated rings. The number of hydrogen-bond donors (Lipinski definition) is 1. The molecule has 3 rings (SSSR count). The molecule has 1 aromatic heterocycles. The highest BCUT2D eigenvalue weighted by Crippen LogP contribution is 2.36. The second-order valence-corrected chi connectivity index (χ2v) is 6.53. The Hall–Kier alpha value is -1.52. The van der Waals surface area contributed by atoms with Gasteiger partial charge in [-0.2, -0.15) is 0 Å². The molecular formula is C17H20ClNO3. The first kappa shape index (κ1) is 15.4. The number of phenols is 1. The molecule has 0 radical (unpaired) electrons. The van der Waals surface area contributed by atoms with Gasteiger partial charge in [-0.05, 0) is 44.9 Å². The number of aryl methyl sites for hydroxylation is 1. The predicted octanol–water partition coefficient (Wildman–Crippen LogP) is 3.83. The molecule has 1 saturated heterocycles. The molecular weight excluding hydrogens is 302 g/mol. The number of halogens is 1. The molecule has 0 saturated carbocycles. The number of rotatable bonds is 2. The van der Waals surface area contributed by atoms with Crippen LogP contribution in [-0.4, -0.2) is 22.6 Å². The monoisotopic (exact) mass is 321 g/mol. The lowest BCUT2D eigenvalue weighted by molar-refractivity contribution is 0.151. The first-order valence-electron chi connectivity index (χ1n) is 7.66. The summed E-state index contributed by atoms with van der Waals surface area (Å²) in [5.41, 5.74) is 1.46. The van der Waals surface area contributed by atoms with Crippen molar-refractivity contribution >= 4 is 22.6 Å². The van der Waals surface area contributed by atoms with E-state index in [1.54, 1.807) is 6.07 Å². The van der Waals surface area contributed by atoms with Crippen LogP contribution in [0.4, 0.5) is 0 Å². The first-order chi connectivity index (χ1) is 10.5. The van der Waals surface area contributed by atoms with E-state index in [-0.39, 0.29) is 5.75 Å². The zero-order valence-corrected chi connectivity index (χ0v) is 13.6. The Balaban J connectivity index is 2.14. The zero-order valence-electron chi connectivity index (χ0n) is 12.9. The van der Waals surface area contributed by atoms with Crippen molar-refractivity contribution in [3.8, 4) is 5.75 Å². The smallest absolute Gasteiger partial charge is 0.336 e. The Morgan fingerprint density at radius 2 is 2.18 bits per heavy atom. The highest BCUT2D eigenvalue weighted by atomic mass is 35.5. The summed E-state index contributed by atoms with van der Waals surface area (Å²) in [5, 5.41) is 11.4. The van der Waals surface area contributed by atoms with Gasteiger partial charge in [-0.15, -0.1) is 0 Å². The number of phenolic OH excluding ortho intramolecular Hbond substituents is 1. The topological polar surface area (TPSA) is 53.7 Å². The van der Waals surface area contributed by atoms with Crippen molar-refractivity contribution in [1.29, 1.82) is 0 Å². The molecule has 0 amide bonds. The van der Waals surface area contributed by atoms with Gasteiger partial charge in [0.15, 0.2) is 0 Å². The standard InChI is InChI=1S/C17H20ClNO3/c1-10-7-15(20)22-17-12(10)8-14(18)16(21)13(17)9-19-6-4-3-5-11(19)2/h7-8,11,21H,3-6,9H2,1-2H3/t11-/m0/s1. The van der Waals surface area contributed by atoms with Crippen molar-refractivity contribution < 1.29 is 9.52 Å². The fraction of sp³-hybridized carbons (Fsp3) is 0.471. The Kier molecular flexibility index (Phi) is 4.15. The second-order valence-electron chi connectivity index (χ2n) is 6.13. The van der Waals surface area contributed by atoms with Gasteiger partial charge >= 0.3 is 5.63 Å². The van der Waals surface area contributed by atoms with Gasteiger partial charge in [0.05, 0.1) is 10.6 Å². The lowest BCUT2D eigenvalue weighted by atomic mass is 10.0. The molecule has 1 aliphatic heterocycles. The normalized spacial score (nSPS) is 19.7. The molecule has 0 bridgehead atoms. The van der Waals surface area contributed by atoms with Gasteiger partial charge in [0.25, 0.3) is 0 Å². The molecule has 1 N–H and O–H groups in total. The summed E-state index contributed by atoms with van der Waals surface area (Å²) in [6.45, 7) is 5.55. The number of fused-ring (bicyclic) bond motifs is 1. The summed E-state index contributed by atoms with van der Waals surface area (Å²) < 4.78 is 5.39. The Morgan fingerprint density at radius 1 is 1.41 bits per heavy atom. The molecule has 2 heterocycles. The number of benzene rings is 1. The lowest BCUT2D eigenvalue weighted by Crippen LogP contribution is -2.36. The molecule has 22 heavy (non-hydrogen) atoms. The van der Waals surface area contributed by atoms with E-state index in [4.69, 9.17) is 16.0 Å². The molecule has 0 unspecified atom stereocenters. The van der Waals surface area contributed by atoms with E-state index in [1.165, 1.54) is 12.5 Å². The quantitative estimate of drug-likeness (QED) is 0.854. The van der Waals surface area contributed by atoms with Crippen LogP contribution in [0.25, 0.3) is 11.0 Å². The van der Waals surface area contributed by atoms with Crippen molar-refractivity contribution in [2.45, 2.75) is 45.7 Å². The van der Waals surface area contributed by atoms with E-state index in [2.05, 4.69) is 11.8 Å². The molecule has 4 nitrogen and oxygen atoms in total. The van der Waals surface area contributed by atoms with E-state index in [9.17, 15) is 9.90 Å². The average molecular weight is 322 g/mol. The van der Waals surface area contributed by atoms with E-state index in [0.717, 1.165) is 30.3 Å². The van der Waals surface area contributed by atoms with Gasteiger partial charge in [0, 0.05) is 24.0 Å². The van der Waals surface area contributed by atoms with Gasteiger partial charge in [0.2, 0.25) is 0 Å². The first-order valence-corrected chi connectivity index (χ1v) is 8.04. The van der Waals surface area contributed by atoms with Crippen LogP contribution >= 0.6 is 11.6 Å². The number of hydrogen-bond acceptors (Lipinski definition) is 4. The maximum atomic E-state index is 11.7. The minimum Gasteiger partial charge on any atom is -0.506 e. The van der Waals surface area contributed by atoms with E-state index in [1.807, 2.05) is 6.92 Å². The fourth-order valence-electron chi connectivity index (χ4n) is 3.21. The van der Waals surface area contributed by atoms with Crippen molar-refractivity contribution in [1.82, 2.24) is 4.90 Å². The molecule has 1 aliphatic rings. The van der Waals surface area contributed by atoms with E-state index < -0.39 is 5.63 Å². The van der Waals surface area contributed by atoms with Crippen LogP contribution in [0.3, 0.4) is 0 Å². The average Bonchev–Trinajstić information content (AvgIpc) is 2.47. The summed E-state index contributed by atoms with van der Waals surface area (Å²) in [7, 11) is 0. The predicted molar refractivity (Wildman–Crippen MR) is 87.6 cm³/mol. The van der Waals surface area contributed by atoms with Crippen LogP contribution in [-0.2, 0) is 6.54 Å². The third kappa shape index (κ3) is 2.73. The van der Waals surface area contributed by atoms with Gasteiger partial charge in [-0.1, -0.05) is 18.0 Å². The summed E-state index contributed by atoms with van der Waals surface area (Å²) >= 11 is 6.17. The largest absolute Gasteiger partial charge is 0.506 e. The number of aromatic hydroxyl groups is 1. The van der Waals surface area contributed by atoms with E-state index >= 15 is 0 Å². The molecule has 118 valence electrons. The molecule has 2 aromatic rings. The Labute approximate surface area is 134 Å². The van der Waals surface area contributed by atoms with Crippen LogP contribution in [0.15, 0.2) is 21.3 Å². The lowest BCUT2D eigenvalue weighted by Gasteiger charge is -2.33. The highest BCUT2D eigenvalue weighted by Gasteiger charge is 2.23. The van der Waals surface area contributed by atoms with Crippen molar-refractivity contribution in [3.63, 3.8) is 0 Å². The third-order valence-electron chi connectivity index (χ3n) is 4.57. The SMILES string of the molecule is Cc1cc(=O)oc2c(CN3CCCC[C@@H]3C)c(O)c(Cl)cc12. The van der Waals surface area contributed by atoms with Crippen LogP contribution in [0.2, 0.25) is 5.02 Å². The van der Waals surface area contributed by atoms with Crippen molar-refractivity contribution in [3.05, 3.63) is 38.7 Å². The fourth-order valence-corrected chi connectivity index (χ4v) is 3.43. The molecule has 0 spiro atoms. The molecule has 1 atom stereocenters. The minimum absolute atomic E-state index is 0.0145. The highest BCUT2D eigenvalue weighted by molar-refractivity contribution is 6.33. The third-order valence-corrected chi connectivity index (χ3v) is 4.85. The number of nitrogens with zero attached hydrogens (tertiary/aromatic N) is 1. The number of likely N-dealkylation sites (tertiary alicyclic amines) is 1. The summed E-state index contributed by atoms with van der Waals surface area (Å²) in [4.78, 5) is 14.0. The summed E-state index contributed by atoms with van der Waals surface area (Å²) in [6.07, 6.45) is 3.52. The van der Waals surface area contributed by atoms with Gasteiger partial charge in [-0.25, -0.2) is 4.79 Å². The van der Waals surface area contributed by atoms with Crippen molar-refractivity contribution in [2.24, 2.45) is 0 Å². The Morgan fingerprint density at radius 3 is 2.91 bits per heavy atom. The molecule has 0 aliphatic carbocycles. The maximum absolute atomic E-state index is 11.7. The van der Waals surface area contributed by atoms with Gasteiger partial charge in [0.1, 0.15) is 11.3 Å². The van der Waals surface area contributed by atoms with E-state index in [0.29, 0.717) is 28.8 Å². The zero-order chi connectivity index (χ0) is 15.9. The van der Waals surface area contributed by atoms with Crippen LogP contribution in [0.1, 0.15) is 37.3 Å². The summed E-state index contributed by atoms with van der Waals surface area (Å²) in [5.74, 6) is 0.0145. The maximum Gasteiger partial charge on any atom is 0.336 e. The Bertz CT molecular complexity index is 769. The number of piperidine rings is 1.